The molecule has 0 saturated heterocycles. The van der Waals surface area contributed by atoms with Crippen LogP contribution in [-0.4, -0.2) is 18.1 Å². The van der Waals surface area contributed by atoms with E-state index in [1.807, 2.05) is 19.1 Å². The predicted molar refractivity (Wildman–Crippen MR) is 57.2 cm³/mol. The van der Waals surface area contributed by atoms with Crippen LogP contribution in [0.15, 0.2) is 18.3 Å². The lowest BCUT2D eigenvalue weighted by atomic mass is 10.0. The first-order chi connectivity index (χ1) is 7.13. The fraction of sp³-hybridized carbons (Fsp3) is 0.455. The van der Waals surface area contributed by atoms with Gasteiger partial charge in [0.05, 0.1) is 7.11 Å². The number of pyridine rings is 1. The Kier molecular flexibility index (Phi) is 4.24. The smallest absolute Gasteiger partial charge is 0.305 e. The number of carbonyl (C=O) groups is 1. The number of aromatic nitrogens is 1. The number of hydrogen-bond donors (Lipinski definition) is 1. The Labute approximate surface area is 89.5 Å². The molecule has 0 aliphatic rings. The highest BCUT2D eigenvalue weighted by Crippen LogP contribution is 2.15. The third-order valence-electron chi connectivity index (χ3n) is 2.24. The number of methoxy groups -OCH3 is 1. The van der Waals surface area contributed by atoms with Gasteiger partial charge in [-0.25, -0.2) is 0 Å². The molecule has 1 rings (SSSR count). The van der Waals surface area contributed by atoms with Crippen molar-refractivity contribution in [3.8, 4) is 0 Å². The van der Waals surface area contributed by atoms with Gasteiger partial charge in [0.15, 0.2) is 0 Å². The number of carbonyl (C=O) groups excluding carboxylic acids is 1. The van der Waals surface area contributed by atoms with Crippen molar-refractivity contribution in [3.05, 3.63) is 29.6 Å². The Hall–Kier alpha value is -1.42. The number of aryl methyl sites for hydroxylation is 1. The first-order valence-corrected chi connectivity index (χ1v) is 4.88. The van der Waals surface area contributed by atoms with Crippen LogP contribution in [0, 0.1) is 6.92 Å². The van der Waals surface area contributed by atoms with Crippen molar-refractivity contribution < 1.29 is 9.53 Å². The van der Waals surface area contributed by atoms with Crippen LogP contribution in [0.4, 0.5) is 0 Å². The van der Waals surface area contributed by atoms with E-state index < -0.39 is 0 Å². The second-order valence-electron chi connectivity index (χ2n) is 3.45. The summed E-state index contributed by atoms with van der Waals surface area (Å²) in [5.41, 5.74) is 7.87. The van der Waals surface area contributed by atoms with Gasteiger partial charge in [-0.2, -0.15) is 0 Å². The predicted octanol–water partition coefficient (Wildman–Crippen LogP) is 1.34. The van der Waals surface area contributed by atoms with E-state index in [2.05, 4.69) is 9.72 Å². The van der Waals surface area contributed by atoms with Gasteiger partial charge in [-0.1, -0.05) is 0 Å². The van der Waals surface area contributed by atoms with Crippen LogP contribution in [-0.2, 0) is 9.53 Å². The lowest BCUT2D eigenvalue weighted by molar-refractivity contribution is -0.140. The summed E-state index contributed by atoms with van der Waals surface area (Å²) >= 11 is 0. The summed E-state index contributed by atoms with van der Waals surface area (Å²) in [4.78, 5) is 15.0. The third-order valence-corrected chi connectivity index (χ3v) is 2.24. The first kappa shape index (κ1) is 11.7. The van der Waals surface area contributed by atoms with Gasteiger partial charge in [0.25, 0.3) is 0 Å². The molecule has 15 heavy (non-hydrogen) atoms. The van der Waals surface area contributed by atoms with Crippen molar-refractivity contribution in [3.63, 3.8) is 0 Å². The summed E-state index contributed by atoms with van der Waals surface area (Å²) in [6.45, 7) is 1.91. The van der Waals surface area contributed by atoms with E-state index >= 15 is 0 Å². The molecule has 0 radical (unpaired) electrons. The molecule has 0 saturated carbocycles. The topological polar surface area (TPSA) is 65.2 Å². The van der Waals surface area contributed by atoms with Gasteiger partial charge in [0.1, 0.15) is 0 Å². The molecule has 4 heteroatoms. The molecule has 82 valence electrons. The zero-order valence-electron chi connectivity index (χ0n) is 9.06. The maximum Gasteiger partial charge on any atom is 0.305 e. The molecule has 0 aliphatic carbocycles. The highest BCUT2D eigenvalue weighted by atomic mass is 16.5. The molecule has 0 fully saturated rings. The van der Waals surface area contributed by atoms with E-state index in [4.69, 9.17) is 5.73 Å². The van der Waals surface area contributed by atoms with E-state index in [-0.39, 0.29) is 12.0 Å². The maximum atomic E-state index is 10.9. The van der Waals surface area contributed by atoms with Crippen molar-refractivity contribution in [2.75, 3.05) is 7.11 Å². The minimum absolute atomic E-state index is 0.134. The summed E-state index contributed by atoms with van der Waals surface area (Å²) in [6, 6.07) is 3.67. The Morgan fingerprint density at radius 2 is 2.40 bits per heavy atom. The number of nitrogens with two attached hydrogens (primary N) is 1. The monoisotopic (exact) mass is 208 g/mol. The van der Waals surface area contributed by atoms with Crippen molar-refractivity contribution >= 4 is 5.97 Å². The highest BCUT2D eigenvalue weighted by molar-refractivity contribution is 5.69. The van der Waals surface area contributed by atoms with Crippen LogP contribution >= 0.6 is 0 Å². The molecular formula is C11H16N2O2. The summed E-state index contributed by atoms with van der Waals surface area (Å²) in [5, 5.41) is 0. The van der Waals surface area contributed by atoms with Crippen LogP contribution in [0.1, 0.15) is 30.1 Å². The number of esters is 1. The lowest BCUT2D eigenvalue weighted by Gasteiger charge is -2.11. The van der Waals surface area contributed by atoms with Crippen LogP contribution in [0.25, 0.3) is 0 Å². The average molecular weight is 208 g/mol. The highest BCUT2D eigenvalue weighted by Gasteiger charge is 2.09. The van der Waals surface area contributed by atoms with E-state index in [0.717, 1.165) is 11.3 Å². The van der Waals surface area contributed by atoms with Gasteiger partial charge in [-0.05, 0) is 31.0 Å². The first-order valence-electron chi connectivity index (χ1n) is 4.88. The Morgan fingerprint density at radius 3 is 3.00 bits per heavy atom. The second-order valence-corrected chi connectivity index (χ2v) is 3.45. The summed E-state index contributed by atoms with van der Waals surface area (Å²) in [6.07, 6.45) is 2.66. The minimum atomic E-state index is -0.226. The van der Waals surface area contributed by atoms with Gasteiger partial charge in [-0.15, -0.1) is 0 Å². The van der Waals surface area contributed by atoms with Gasteiger partial charge >= 0.3 is 5.97 Å². The van der Waals surface area contributed by atoms with Crippen molar-refractivity contribution in [2.45, 2.75) is 25.8 Å². The average Bonchev–Trinajstić information content (AvgIpc) is 2.25. The Bertz CT molecular complexity index is 339. The molecule has 0 amide bonds. The molecule has 0 spiro atoms. The number of rotatable bonds is 4. The van der Waals surface area contributed by atoms with E-state index in [0.29, 0.717) is 12.8 Å². The fourth-order valence-corrected chi connectivity index (χ4v) is 1.34. The summed E-state index contributed by atoms with van der Waals surface area (Å²) in [7, 11) is 1.38. The normalized spacial score (nSPS) is 12.2. The molecule has 1 unspecified atom stereocenters. The zero-order chi connectivity index (χ0) is 11.3. The van der Waals surface area contributed by atoms with E-state index in [1.54, 1.807) is 6.20 Å². The molecule has 2 N–H and O–H groups in total. The molecule has 1 aromatic heterocycles. The molecule has 0 aliphatic heterocycles. The van der Waals surface area contributed by atoms with Gasteiger partial charge < -0.3 is 10.5 Å². The summed E-state index contributed by atoms with van der Waals surface area (Å²) in [5.74, 6) is -0.226. The largest absolute Gasteiger partial charge is 0.469 e. The summed E-state index contributed by atoms with van der Waals surface area (Å²) < 4.78 is 4.55. The van der Waals surface area contributed by atoms with E-state index in [1.165, 1.54) is 7.11 Å². The third kappa shape index (κ3) is 3.67. The standard InChI is InChI=1S/C11H16N2O2/c1-8-7-9(5-6-13-8)10(12)3-4-11(14)15-2/h5-7,10H,3-4,12H2,1-2H3. The van der Waals surface area contributed by atoms with Gasteiger partial charge in [0, 0.05) is 24.4 Å². The maximum absolute atomic E-state index is 10.9. The minimum Gasteiger partial charge on any atom is -0.469 e. The molecule has 1 aromatic rings. The quantitative estimate of drug-likeness (QED) is 0.758. The lowest BCUT2D eigenvalue weighted by Crippen LogP contribution is -2.13. The molecule has 4 nitrogen and oxygen atoms in total. The molecule has 0 bridgehead atoms. The Balaban J connectivity index is 2.53. The Morgan fingerprint density at radius 1 is 1.67 bits per heavy atom. The number of ether oxygens (including phenoxy) is 1. The van der Waals surface area contributed by atoms with Crippen LogP contribution in [0.2, 0.25) is 0 Å². The molecule has 0 aromatic carbocycles. The molecule has 1 heterocycles. The van der Waals surface area contributed by atoms with Crippen molar-refractivity contribution in [1.82, 2.24) is 4.98 Å². The van der Waals surface area contributed by atoms with Crippen molar-refractivity contribution in [1.29, 1.82) is 0 Å². The van der Waals surface area contributed by atoms with Crippen LogP contribution in [0.5, 0.6) is 0 Å². The van der Waals surface area contributed by atoms with Gasteiger partial charge in [-0.3, -0.25) is 9.78 Å². The van der Waals surface area contributed by atoms with Crippen molar-refractivity contribution in [2.24, 2.45) is 5.73 Å². The molecule has 1 atom stereocenters. The molecular weight excluding hydrogens is 192 g/mol. The van der Waals surface area contributed by atoms with E-state index in [9.17, 15) is 4.79 Å². The van der Waals surface area contributed by atoms with Gasteiger partial charge in [0.2, 0.25) is 0 Å². The number of nitrogens with zero attached hydrogens (tertiary/aromatic N) is 1. The zero-order valence-corrected chi connectivity index (χ0v) is 9.06. The van der Waals surface area contributed by atoms with Crippen LogP contribution in [0.3, 0.4) is 0 Å². The second kappa shape index (κ2) is 5.46. The fourth-order valence-electron chi connectivity index (χ4n) is 1.34. The SMILES string of the molecule is COC(=O)CCC(N)c1ccnc(C)c1. The van der Waals surface area contributed by atoms with Crippen LogP contribution < -0.4 is 5.73 Å². The number of hydrogen-bond acceptors (Lipinski definition) is 4.